The number of hydrogen-bond donors (Lipinski definition) is 3. The minimum atomic E-state index is -0.518. The normalized spacial score (nSPS) is 13.6. The molecule has 0 radical (unpaired) electrons. The van der Waals surface area contributed by atoms with E-state index in [4.69, 9.17) is 11.5 Å². The van der Waals surface area contributed by atoms with E-state index < -0.39 is 6.04 Å². The average Bonchev–Trinajstić information content (AvgIpc) is 2.38. The zero-order chi connectivity index (χ0) is 14.4. The maximum atomic E-state index is 11.9. The van der Waals surface area contributed by atoms with E-state index >= 15 is 0 Å². The van der Waals surface area contributed by atoms with Crippen molar-refractivity contribution in [2.45, 2.75) is 32.7 Å². The molecule has 104 valence electrons. The SMILES string of the molecule is CC[C@H](C)[C@H](N)C(=O)Nc1ccc(CC(N)=O)cc1. The Kier molecular flexibility index (Phi) is 5.51. The molecule has 0 aromatic heterocycles. The Bertz CT molecular complexity index is 443. The van der Waals surface area contributed by atoms with Gasteiger partial charge in [0.15, 0.2) is 0 Å². The molecule has 1 aromatic rings. The first kappa shape index (κ1) is 15.2. The Morgan fingerprint density at radius 1 is 1.26 bits per heavy atom. The smallest absolute Gasteiger partial charge is 0.241 e. The quantitative estimate of drug-likeness (QED) is 0.714. The second-order valence-electron chi connectivity index (χ2n) is 4.74. The molecule has 2 amide bonds. The number of anilines is 1. The highest BCUT2D eigenvalue weighted by Gasteiger charge is 2.19. The maximum Gasteiger partial charge on any atom is 0.241 e. The lowest BCUT2D eigenvalue weighted by Gasteiger charge is -2.17. The molecule has 0 aliphatic carbocycles. The van der Waals surface area contributed by atoms with Gasteiger partial charge in [-0.3, -0.25) is 9.59 Å². The molecule has 0 fully saturated rings. The second-order valence-corrected chi connectivity index (χ2v) is 4.74. The van der Waals surface area contributed by atoms with Crippen LogP contribution >= 0.6 is 0 Å². The molecule has 0 bridgehead atoms. The highest BCUT2D eigenvalue weighted by Crippen LogP contribution is 2.12. The number of carbonyl (C=O) groups is 2. The van der Waals surface area contributed by atoms with Crippen molar-refractivity contribution in [1.82, 2.24) is 0 Å². The third-order valence-electron chi connectivity index (χ3n) is 3.16. The van der Waals surface area contributed by atoms with Crippen molar-refractivity contribution in [2.75, 3.05) is 5.32 Å². The Labute approximate surface area is 113 Å². The zero-order valence-electron chi connectivity index (χ0n) is 11.3. The minimum Gasteiger partial charge on any atom is -0.369 e. The molecule has 5 N–H and O–H groups in total. The largest absolute Gasteiger partial charge is 0.369 e. The first-order valence-corrected chi connectivity index (χ1v) is 6.37. The molecule has 0 saturated heterocycles. The third-order valence-corrected chi connectivity index (χ3v) is 3.16. The number of benzene rings is 1. The fourth-order valence-electron chi connectivity index (χ4n) is 1.65. The van der Waals surface area contributed by atoms with Crippen LogP contribution in [0.15, 0.2) is 24.3 Å². The molecule has 5 nitrogen and oxygen atoms in total. The van der Waals surface area contributed by atoms with Crippen molar-refractivity contribution in [3.63, 3.8) is 0 Å². The molecule has 0 saturated carbocycles. The number of carbonyl (C=O) groups excluding carboxylic acids is 2. The molecular weight excluding hydrogens is 242 g/mol. The van der Waals surface area contributed by atoms with Crippen LogP contribution in [-0.2, 0) is 16.0 Å². The van der Waals surface area contributed by atoms with Gasteiger partial charge >= 0.3 is 0 Å². The first-order chi connectivity index (χ1) is 8.93. The molecule has 1 rings (SSSR count). The summed E-state index contributed by atoms with van der Waals surface area (Å²) in [6.07, 6.45) is 1.05. The van der Waals surface area contributed by atoms with Gasteiger partial charge in [0, 0.05) is 5.69 Å². The Hall–Kier alpha value is -1.88. The maximum absolute atomic E-state index is 11.9. The van der Waals surface area contributed by atoms with Gasteiger partial charge < -0.3 is 16.8 Å². The summed E-state index contributed by atoms with van der Waals surface area (Å²) in [5.41, 5.74) is 12.4. The van der Waals surface area contributed by atoms with Gasteiger partial charge in [0.05, 0.1) is 12.5 Å². The Morgan fingerprint density at radius 2 is 1.84 bits per heavy atom. The van der Waals surface area contributed by atoms with E-state index in [0.29, 0.717) is 5.69 Å². The molecule has 1 aromatic carbocycles. The van der Waals surface area contributed by atoms with E-state index in [0.717, 1.165) is 12.0 Å². The van der Waals surface area contributed by atoms with Crippen LogP contribution < -0.4 is 16.8 Å². The van der Waals surface area contributed by atoms with Crippen LogP contribution in [0.3, 0.4) is 0 Å². The number of nitrogens with two attached hydrogens (primary N) is 2. The van der Waals surface area contributed by atoms with Crippen LogP contribution in [0.25, 0.3) is 0 Å². The summed E-state index contributed by atoms with van der Waals surface area (Å²) in [6, 6.07) is 6.47. The number of rotatable bonds is 6. The Balaban J connectivity index is 2.62. The summed E-state index contributed by atoms with van der Waals surface area (Å²) in [5.74, 6) is -0.443. The molecule has 0 spiro atoms. The van der Waals surface area contributed by atoms with Crippen LogP contribution in [0.5, 0.6) is 0 Å². The van der Waals surface area contributed by atoms with E-state index in [9.17, 15) is 9.59 Å². The number of amides is 2. The van der Waals surface area contributed by atoms with Gasteiger partial charge in [-0.05, 0) is 23.6 Å². The predicted molar refractivity (Wildman–Crippen MR) is 75.4 cm³/mol. The Morgan fingerprint density at radius 3 is 2.32 bits per heavy atom. The monoisotopic (exact) mass is 263 g/mol. The lowest BCUT2D eigenvalue weighted by Crippen LogP contribution is -2.40. The van der Waals surface area contributed by atoms with Crippen molar-refractivity contribution >= 4 is 17.5 Å². The lowest BCUT2D eigenvalue weighted by molar-refractivity contribution is -0.118. The van der Waals surface area contributed by atoms with Crippen molar-refractivity contribution in [3.05, 3.63) is 29.8 Å². The summed E-state index contributed by atoms with van der Waals surface area (Å²) < 4.78 is 0. The van der Waals surface area contributed by atoms with Gasteiger partial charge in [-0.25, -0.2) is 0 Å². The molecule has 0 unspecified atom stereocenters. The van der Waals surface area contributed by atoms with E-state index in [-0.39, 0.29) is 24.2 Å². The lowest BCUT2D eigenvalue weighted by atomic mass is 9.99. The number of primary amides is 1. The van der Waals surface area contributed by atoms with Gasteiger partial charge in [-0.15, -0.1) is 0 Å². The number of hydrogen-bond acceptors (Lipinski definition) is 3. The molecular formula is C14H21N3O2. The van der Waals surface area contributed by atoms with E-state index in [1.54, 1.807) is 24.3 Å². The van der Waals surface area contributed by atoms with Crippen molar-refractivity contribution in [3.8, 4) is 0 Å². The molecule has 0 aliphatic rings. The minimum absolute atomic E-state index is 0.133. The van der Waals surface area contributed by atoms with Crippen LogP contribution in [0.2, 0.25) is 0 Å². The molecule has 2 atom stereocenters. The summed E-state index contributed by atoms with van der Waals surface area (Å²) in [5, 5.41) is 2.76. The topological polar surface area (TPSA) is 98.2 Å². The standard InChI is InChI=1S/C14H21N3O2/c1-3-9(2)13(16)14(19)17-11-6-4-10(5-7-11)8-12(15)18/h4-7,9,13H,3,8,16H2,1-2H3,(H2,15,18)(H,17,19)/t9-,13-/m0/s1. The van der Waals surface area contributed by atoms with Gasteiger partial charge in [-0.2, -0.15) is 0 Å². The molecule has 0 aliphatic heterocycles. The third kappa shape index (κ3) is 4.71. The van der Waals surface area contributed by atoms with Crippen molar-refractivity contribution in [1.29, 1.82) is 0 Å². The highest BCUT2D eigenvalue weighted by molar-refractivity contribution is 5.94. The van der Waals surface area contributed by atoms with Gasteiger partial charge in [0.25, 0.3) is 0 Å². The predicted octanol–water partition coefficient (Wildman–Crippen LogP) is 1.03. The van der Waals surface area contributed by atoms with Crippen LogP contribution in [0.4, 0.5) is 5.69 Å². The second kappa shape index (κ2) is 6.89. The van der Waals surface area contributed by atoms with Crippen LogP contribution in [0, 0.1) is 5.92 Å². The van der Waals surface area contributed by atoms with Crippen molar-refractivity contribution < 1.29 is 9.59 Å². The summed E-state index contributed by atoms with van der Waals surface area (Å²) in [7, 11) is 0. The van der Waals surface area contributed by atoms with E-state index in [2.05, 4.69) is 5.32 Å². The highest BCUT2D eigenvalue weighted by atomic mass is 16.2. The zero-order valence-corrected chi connectivity index (χ0v) is 11.3. The van der Waals surface area contributed by atoms with Crippen LogP contribution in [0.1, 0.15) is 25.8 Å². The summed E-state index contributed by atoms with van der Waals surface area (Å²) >= 11 is 0. The fraction of sp³-hybridized carbons (Fsp3) is 0.429. The number of nitrogens with one attached hydrogen (secondary N) is 1. The molecule has 0 heterocycles. The van der Waals surface area contributed by atoms with Crippen LogP contribution in [-0.4, -0.2) is 17.9 Å². The van der Waals surface area contributed by atoms with E-state index in [1.165, 1.54) is 0 Å². The first-order valence-electron chi connectivity index (χ1n) is 6.37. The fourth-order valence-corrected chi connectivity index (χ4v) is 1.65. The van der Waals surface area contributed by atoms with E-state index in [1.807, 2.05) is 13.8 Å². The molecule has 19 heavy (non-hydrogen) atoms. The van der Waals surface area contributed by atoms with Gasteiger partial charge in [0.2, 0.25) is 11.8 Å². The summed E-state index contributed by atoms with van der Waals surface area (Å²) in [4.78, 5) is 22.6. The average molecular weight is 263 g/mol. The van der Waals surface area contributed by atoms with Crippen molar-refractivity contribution in [2.24, 2.45) is 17.4 Å². The molecule has 5 heteroatoms. The summed E-state index contributed by atoms with van der Waals surface area (Å²) in [6.45, 7) is 3.94. The van der Waals surface area contributed by atoms with Gasteiger partial charge in [-0.1, -0.05) is 32.4 Å². The van der Waals surface area contributed by atoms with Gasteiger partial charge in [0.1, 0.15) is 0 Å².